The molecule has 1 aliphatic rings. The van der Waals surface area contributed by atoms with Gasteiger partial charge in [0.1, 0.15) is 0 Å². The van der Waals surface area contributed by atoms with Gasteiger partial charge in [-0.3, -0.25) is 9.55 Å². The highest BCUT2D eigenvalue weighted by atomic mass is 35.5. The highest BCUT2D eigenvalue weighted by Gasteiger charge is 2.18. The Labute approximate surface area is 168 Å². The molecule has 0 aliphatic carbocycles. The van der Waals surface area contributed by atoms with Gasteiger partial charge in [-0.2, -0.15) is 0 Å². The number of hydrogen-bond donors (Lipinski definition) is 1. The molecule has 1 N–H and O–H groups in total. The number of pyridine rings is 1. The molecule has 3 heterocycles. The van der Waals surface area contributed by atoms with E-state index in [9.17, 15) is 0 Å². The van der Waals surface area contributed by atoms with Gasteiger partial charge in [-0.05, 0) is 49.6 Å². The standard InChI is InChI=1S/C20H22ClN5S/c21-17-7-4-8-18(14-17)26-19(16-6-5-9-22-15-16)23-24-20(26)27-13-12-25-10-2-1-3-11-25/h4-9,14-15H,1-3,10-13H2/p+1. The second-order valence-electron chi connectivity index (χ2n) is 6.77. The molecule has 0 radical (unpaired) electrons. The fraction of sp³-hybridized carbons (Fsp3) is 0.350. The smallest absolute Gasteiger partial charge is 0.196 e. The lowest BCUT2D eigenvalue weighted by Gasteiger charge is -2.23. The molecule has 0 spiro atoms. The molecule has 0 atom stereocenters. The number of likely N-dealkylation sites (tertiary alicyclic amines) is 1. The van der Waals surface area contributed by atoms with E-state index in [4.69, 9.17) is 11.6 Å². The zero-order valence-electron chi connectivity index (χ0n) is 15.1. The summed E-state index contributed by atoms with van der Waals surface area (Å²) in [5.74, 6) is 1.82. The fourth-order valence-corrected chi connectivity index (χ4v) is 4.66. The van der Waals surface area contributed by atoms with Crippen LogP contribution in [0.25, 0.3) is 17.1 Å². The van der Waals surface area contributed by atoms with E-state index in [2.05, 4.69) is 19.7 Å². The second-order valence-corrected chi connectivity index (χ2v) is 8.27. The predicted octanol–water partition coefficient (Wildman–Crippen LogP) is 3.14. The molecular weight excluding hydrogens is 378 g/mol. The lowest BCUT2D eigenvalue weighted by molar-refractivity contribution is -0.902. The van der Waals surface area contributed by atoms with Crippen molar-refractivity contribution in [2.75, 3.05) is 25.4 Å². The first-order valence-corrected chi connectivity index (χ1v) is 10.8. The van der Waals surface area contributed by atoms with E-state index >= 15 is 0 Å². The van der Waals surface area contributed by atoms with Gasteiger partial charge in [-0.25, -0.2) is 0 Å². The Morgan fingerprint density at radius 2 is 1.96 bits per heavy atom. The highest BCUT2D eigenvalue weighted by molar-refractivity contribution is 7.99. The van der Waals surface area contributed by atoms with E-state index in [0.29, 0.717) is 5.02 Å². The average Bonchev–Trinajstić information content (AvgIpc) is 3.13. The van der Waals surface area contributed by atoms with Gasteiger partial charge in [0.25, 0.3) is 0 Å². The van der Waals surface area contributed by atoms with Crippen molar-refractivity contribution in [2.24, 2.45) is 0 Å². The number of nitrogens with one attached hydrogen (secondary N) is 1. The minimum absolute atomic E-state index is 0.701. The summed E-state index contributed by atoms with van der Waals surface area (Å²) in [5.41, 5.74) is 1.91. The van der Waals surface area contributed by atoms with Crippen LogP contribution < -0.4 is 4.90 Å². The van der Waals surface area contributed by atoms with Crippen LogP contribution in [0.5, 0.6) is 0 Å². The summed E-state index contributed by atoms with van der Waals surface area (Å²) in [5, 5.41) is 10.5. The summed E-state index contributed by atoms with van der Waals surface area (Å²) < 4.78 is 2.08. The van der Waals surface area contributed by atoms with Crippen LogP contribution in [0.4, 0.5) is 0 Å². The Hall–Kier alpha value is -1.89. The summed E-state index contributed by atoms with van der Waals surface area (Å²) >= 11 is 8.00. The highest BCUT2D eigenvalue weighted by Crippen LogP contribution is 2.28. The van der Waals surface area contributed by atoms with Gasteiger partial charge < -0.3 is 4.90 Å². The van der Waals surface area contributed by atoms with Crippen molar-refractivity contribution in [2.45, 2.75) is 24.4 Å². The molecule has 1 aliphatic heterocycles. The molecule has 1 aromatic carbocycles. The van der Waals surface area contributed by atoms with E-state index in [0.717, 1.165) is 34.5 Å². The topological polar surface area (TPSA) is 48.0 Å². The number of aromatic nitrogens is 4. The van der Waals surface area contributed by atoms with Gasteiger partial charge in [0.05, 0.1) is 31.1 Å². The first-order valence-electron chi connectivity index (χ1n) is 9.39. The first-order chi connectivity index (χ1) is 13.3. The van der Waals surface area contributed by atoms with Crippen LogP contribution in [-0.2, 0) is 0 Å². The van der Waals surface area contributed by atoms with Gasteiger partial charge in [0, 0.05) is 23.0 Å². The Bertz CT molecular complexity index is 877. The third-order valence-electron chi connectivity index (χ3n) is 4.87. The zero-order chi connectivity index (χ0) is 18.5. The van der Waals surface area contributed by atoms with E-state index in [1.165, 1.54) is 32.4 Å². The molecule has 2 aromatic heterocycles. The summed E-state index contributed by atoms with van der Waals surface area (Å²) in [6, 6.07) is 11.7. The van der Waals surface area contributed by atoms with E-state index in [-0.39, 0.29) is 0 Å². The van der Waals surface area contributed by atoms with Crippen molar-refractivity contribution >= 4 is 23.4 Å². The first kappa shape index (κ1) is 18.5. The van der Waals surface area contributed by atoms with Gasteiger partial charge in [-0.1, -0.05) is 29.4 Å². The number of thioether (sulfide) groups is 1. The molecular formula is C20H23ClN5S+. The summed E-state index contributed by atoms with van der Waals surface area (Å²) in [4.78, 5) is 5.93. The Morgan fingerprint density at radius 3 is 2.74 bits per heavy atom. The average molecular weight is 401 g/mol. The Kier molecular flexibility index (Phi) is 6.07. The molecule has 0 bridgehead atoms. The number of rotatable bonds is 6. The maximum absolute atomic E-state index is 6.24. The molecule has 4 rings (SSSR count). The zero-order valence-corrected chi connectivity index (χ0v) is 16.7. The third kappa shape index (κ3) is 4.51. The van der Waals surface area contributed by atoms with Crippen LogP contribution in [0, 0.1) is 0 Å². The number of quaternary nitrogens is 1. The van der Waals surface area contributed by atoms with E-state index in [1.807, 2.05) is 42.6 Å². The molecule has 5 nitrogen and oxygen atoms in total. The fourth-order valence-electron chi connectivity index (χ4n) is 3.48. The van der Waals surface area contributed by atoms with E-state index in [1.54, 1.807) is 22.9 Å². The van der Waals surface area contributed by atoms with Crippen LogP contribution in [-0.4, -0.2) is 45.1 Å². The van der Waals surface area contributed by atoms with Crippen LogP contribution in [0.15, 0.2) is 53.9 Å². The Balaban J connectivity index is 1.60. The van der Waals surface area contributed by atoms with Crippen molar-refractivity contribution in [3.63, 3.8) is 0 Å². The molecule has 1 saturated heterocycles. The van der Waals surface area contributed by atoms with Crippen molar-refractivity contribution in [3.05, 3.63) is 53.8 Å². The van der Waals surface area contributed by atoms with Crippen LogP contribution in [0.3, 0.4) is 0 Å². The minimum atomic E-state index is 0.701. The van der Waals surface area contributed by atoms with Crippen LogP contribution in [0.2, 0.25) is 5.02 Å². The predicted molar refractivity (Wildman–Crippen MR) is 110 cm³/mol. The maximum atomic E-state index is 6.24. The number of piperidine rings is 1. The van der Waals surface area contributed by atoms with Crippen molar-refractivity contribution in [1.82, 2.24) is 19.7 Å². The summed E-state index contributed by atoms with van der Waals surface area (Å²) in [7, 11) is 0. The quantitative estimate of drug-likeness (QED) is 0.646. The lowest BCUT2D eigenvalue weighted by Crippen LogP contribution is -3.13. The molecule has 0 amide bonds. The number of benzene rings is 1. The van der Waals surface area contributed by atoms with Gasteiger partial charge in [-0.15, -0.1) is 10.2 Å². The molecule has 1 fully saturated rings. The normalized spacial score (nSPS) is 15.1. The maximum Gasteiger partial charge on any atom is 0.196 e. The van der Waals surface area contributed by atoms with Crippen LogP contribution in [0.1, 0.15) is 19.3 Å². The molecule has 27 heavy (non-hydrogen) atoms. The Morgan fingerprint density at radius 1 is 1.07 bits per heavy atom. The minimum Gasteiger partial charge on any atom is -0.334 e. The van der Waals surface area contributed by atoms with Crippen molar-refractivity contribution < 1.29 is 4.90 Å². The number of halogens is 1. The third-order valence-corrected chi connectivity index (χ3v) is 6.03. The SMILES string of the molecule is Clc1cccc(-n2c(SCC[NH+]3CCCCC3)nnc2-c2cccnc2)c1. The van der Waals surface area contributed by atoms with Crippen molar-refractivity contribution in [1.29, 1.82) is 0 Å². The van der Waals surface area contributed by atoms with Gasteiger partial charge >= 0.3 is 0 Å². The molecule has 3 aromatic rings. The van der Waals surface area contributed by atoms with Gasteiger partial charge in [0.15, 0.2) is 11.0 Å². The van der Waals surface area contributed by atoms with Crippen LogP contribution >= 0.6 is 23.4 Å². The lowest BCUT2D eigenvalue weighted by atomic mass is 10.1. The number of nitrogens with zero attached hydrogens (tertiary/aromatic N) is 4. The monoisotopic (exact) mass is 400 g/mol. The summed E-state index contributed by atoms with van der Waals surface area (Å²) in [6.45, 7) is 3.75. The molecule has 0 unspecified atom stereocenters. The van der Waals surface area contributed by atoms with E-state index < -0.39 is 0 Å². The molecule has 140 valence electrons. The second kappa shape index (κ2) is 8.87. The van der Waals surface area contributed by atoms with Gasteiger partial charge in [0.2, 0.25) is 0 Å². The molecule has 0 saturated carbocycles. The van der Waals surface area contributed by atoms with Crippen molar-refractivity contribution in [3.8, 4) is 17.1 Å². The number of hydrogen-bond acceptors (Lipinski definition) is 4. The molecule has 7 heteroatoms. The summed E-state index contributed by atoms with van der Waals surface area (Å²) in [6.07, 6.45) is 7.67. The largest absolute Gasteiger partial charge is 0.334 e.